The Labute approximate surface area is 171 Å². The van der Waals surface area contributed by atoms with Gasteiger partial charge in [-0.15, -0.1) is 0 Å². The van der Waals surface area contributed by atoms with Gasteiger partial charge in [-0.1, -0.05) is 97.1 Å². The molecule has 0 fully saturated rings. The molecule has 0 radical (unpaired) electrons. The zero-order valence-corrected chi connectivity index (χ0v) is 16.8. The summed E-state index contributed by atoms with van der Waals surface area (Å²) >= 11 is 0. The maximum atomic E-state index is 10.3. The third kappa shape index (κ3) is 2.59. The molecule has 0 saturated carbocycles. The van der Waals surface area contributed by atoms with Crippen LogP contribution >= 0.6 is 0 Å². The van der Waals surface area contributed by atoms with Crippen LogP contribution < -0.4 is 25.6 Å². The second kappa shape index (κ2) is 7.04. The third-order valence-electron chi connectivity index (χ3n) is 5.78. The minimum absolute atomic E-state index is 0.848. The van der Waals surface area contributed by atoms with Crippen LogP contribution in [0.1, 0.15) is 0 Å². The molecular formula is C24H20BNO2Si. The van der Waals surface area contributed by atoms with E-state index in [0.29, 0.717) is 0 Å². The second-order valence-electron chi connectivity index (χ2n) is 7.23. The number of hydrogen-bond acceptors (Lipinski definition) is 3. The second-order valence-corrected chi connectivity index (χ2v) is 11.0. The van der Waals surface area contributed by atoms with E-state index in [9.17, 15) is 10.0 Å². The van der Waals surface area contributed by atoms with E-state index in [1.807, 2.05) is 48.5 Å². The summed E-state index contributed by atoms with van der Waals surface area (Å²) in [6, 6.07) is 37.5. The van der Waals surface area contributed by atoms with E-state index in [1.54, 1.807) is 4.81 Å². The van der Waals surface area contributed by atoms with E-state index >= 15 is 0 Å². The predicted octanol–water partition coefficient (Wildman–Crippen LogP) is 1.48. The molecule has 0 aliphatic carbocycles. The van der Waals surface area contributed by atoms with Crippen LogP contribution in [-0.4, -0.2) is 25.4 Å². The average molecular weight is 393 g/mol. The van der Waals surface area contributed by atoms with Crippen molar-refractivity contribution in [2.45, 2.75) is 0 Å². The van der Waals surface area contributed by atoms with Gasteiger partial charge < -0.3 is 14.9 Å². The molecule has 140 valence electrons. The predicted molar refractivity (Wildman–Crippen MR) is 122 cm³/mol. The molecule has 5 heteroatoms. The van der Waals surface area contributed by atoms with Crippen LogP contribution in [-0.2, 0) is 0 Å². The lowest BCUT2D eigenvalue weighted by atomic mass is 10.0. The monoisotopic (exact) mass is 393 g/mol. The van der Waals surface area contributed by atoms with Crippen molar-refractivity contribution < 1.29 is 10.0 Å². The van der Waals surface area contributed by atoms with Gasteiger partial charge in [0.1, 0.15) is 0 Å². The number of fused-ring (bicyclic) bond motifs is 2. The van der Waals surface area contributed by atoms with Gasteiger partial charge in [0, 0.05) is 11.4 Å². The van der Waals surface area contributed by atoms with Gasteiger partial charge in [0.15, 0.2) is 8.07 Å². The summed E-state index contributed by atoms with van der Waals surface area (Å²) in [6.07, 6.45) is 0. The number of nitrogens with zero attached hydrogens (tertiary/aromatic N) is 1. The van der Waals surface area contributed by atoms with Gasteiger partial charge in [-0.05, 0) is 32.9 Å². The number of para-hydroxylation sites is 2. The molecule has 2 N–H and O–H groups in total. The first-order valence-corrected chi connectivity index (χ1v) is 11.7. The fraction of sp³-hybridized carbons (Fsp3) is 0. The van der Waals surface area contributed by atoms with Gasteiger partial charge >= 0.3 is 7.25 Å². The van der Waals surface area contributed by atoms with Crippen molar-refractivity contribution in [3.63, 3.8) is 0 Å². The molecular weight excluding hydrogens is 373 g/mol. The van der Waals surface area contributed by atoms with Gasteiger partial charge in [-0.3, -0.25) is 0 Å². The standard InChI is InChI=1S/C24H20BNO2Si/c27-25(28)26-21-15-7-9-17-23(21)29(19-11-3-1-4-12-19,20-13-5-2-6-14-20)24-18-10-8-16-22(24)26/h1-18,27-28H. The van der Waals surface area contributed by atoms with E-state index in [2.05, 4.69) is 60.7 Å². The molecule has 0 bridgehead atoms. The van der Waals surface area contributed by atoms with Gasteiger partial charge in [-0.25, -0.2) is 0 Å². The summed E-state index contributed by atoms with van der Waals surface area (Å²) in [5, 5.41) is 25.4. The smallest absolute Gasteiger partial charge is 0.407 e. The Balaban J connectivity index is 1.98. The summed E-state index contributed by atoms with van der Waals surface area (Å²) in [4.78, 5) is 1.63. The maximum Gasteiger partial charge on any atom is 0.592 e. The van der Waals surface area contributed by atoms with Crippen LogP contribution in [0.4, 0.5) is 11.4 Å². The van der Waals surface area contributed by atoms with E-state index < -0.39 is 15.3 Å². The highest BCUT2D eigenvalue weighted by atomic mass is 28.3. The van der Waals surface area contributed by atoms with E-state index in [1.165, 1.54) is 10.4 Å². The molecule has 0 atom stereocenters. The first-order valence-electron chi connectivity index (χ1n) is 9.70. The van der Waals surface area contributed by atoms with Crippen LogP contribution in [0.15, 0.2) is 109 Å². The van der Waals surface area contributed by atoms with Crippen molar-refractivity contribution >= 4 is 47.4 Å². The first kappa shape index (κ1) is 17.9. The van der Waals surface area contributed by atoms with Crippen LogP contribution in [0.25, 0.3) is 0 Å². The molecule has 4 aromatic carbocycles. The minimum Gasteiger partial charge on any atom is -0.407 e. The Morgan fingerprint density at radius 2 is 0.897 bits per heavy atom. The molecule has 0 unspecified atom stereocenters. The molecule has 1 heterocycles. The lowest BCUT2D eigenvalue weighted by molar-refractivity contribution is 0.407. The molecule has 5 rings (SSSR count). The van der Waals surface area contributed by atoms with E-state index in [4.69, 9.17) is 0 Å². The van der Waals surface area contributed by atoms with Crippen LogP contribution in [0, 0.1) is 0 Å². The zero-order chi connectivity index (χ0) is 19.8. The summed E-state index contributed by atoms with van der Waals surface area (Å²) in [5.41, 5.74) is 1.70. The Hall–Kier alpha value is -3.12. The van der Waals surface area contributed by atoms with Crippen molar-refractivity contribution in [3.05, 3.63) is 109 Å². The quantitative estimate of drug-likeness (QED) is 0.519. The van der Waals surface area contributed by atoms with Crippen molar-refractivity contribution in [2.24, 2.45) is 0 Å². The molecule has 1 aliphatic heterocycles. The van der Waals surface area contributed by atoms with Gasteiger partial charge in [0.25, 0.3) is 0 Å². The molecule has 4 aromatic rings. The molecule has 29 heavy (non-hydrogen) atoms. The van der Waals surface area contributed by atoms with E-state index in [0.717, 1.165) is 21.7 Å². The van der Waals surface area contributed by atoms with Crippen LogP contribution in [0.5, 0.6) is 0 Å². The Bertz CT molecular complexity index is 1060. The fourth-order valence-corrected chi connectivity index (χ4v) is 9.81. The number of rotatable bonds is 3. The fourth-order valence-electron chi connectivity index (χ4n) is 4.69. The molecule has 1 aliphatic rings. The zero-order valence-electron chi connectivity index (χ0n) is 15.8. The lowest BCUT2D eigenvalue weighted by Gasteiger charge is -2.44. The normalized spacial score (nSPS) is 14.1. The van der Waals surface area contributed by atoms with Crippen molar-refractivity contribution in [1.82, 2.24) is 0 Å². The molecule has 3 nitrogen and oxygen atoms in total. The summed E-state index contributed by atoms with van der Waals surface area (Å²) in [5.74, 6) is 0. The van der Waals surface area contributed by atoms with Gasteiger partial charge in [0.2, 0.25) is 0 Å². The maximum absolute atomic E-state index is 10.3. The highest BCUT2D eigenvalue weighted by molar-refractivity contribution is 7.21. The lowest BCUT2D eigenvalue weighted by Crippen LogP contribution is -2.78. The Morgan fingerprint density at radius 1 is 0.517 bits per heavy atom. The third-order valence-corrected chi connectivity index (χ3v) is 10.6. The SMILES string of the molecule is OB(O)N1c2ccccc2[Si](c2ccccc2)(c2ccccc2)c2ccccc21. The number of benzene rings is 4. The van der Waals surface area contributed by atoms with Crippen molar-refractivity contribution in [1.29, 1.82) is 0 Å². The van der Waals surface area contributed by atoms with Gasteiger partial charge in [-0.2, -0.15) is 0 Å². The summed E-state index contributed by atoms with van der Waals surface area (Å²) in [7, 11) is -4.24. The highest BCUT2D eigenvalue weighted by Crippen LogP contribution is 2.31. The highest BCUT2D eigenvalue weighted by Gasteiger charge is 2.49. The number of anilines is 2. The van der Waals surface area contributed by atoms with Gasteiger partial charge in [0.05, 0.1) is 0 Å². The van der Waals surface area contributed by atoms with Crippen molar-refractivity contribution in [2.75, 3.05) is 4.81 Å². The molecule has 0 saturated heterocycles. The molecule has 0 spiro atoms. The summed E-state index contributed by atoms with van der Waals surface area (Å²) < 4.78 is 0. The molecule has 0 amide bonds. The topological polar surface area (TPSA) is 43.7 Å². The first-order chi connectivity index (χ1) is 14.2. The average Bonchev–Trinajstić information content (AvgIpc) is 2.78. The number of hydrogen-bond donors (Lipinski definition) is 2. The Morgan fingerprint density at radius 3 is 1.31 bits per heavy atom. The molecule has 0 aromatic heterocycles. The largest absolute Gasteiger partial charge is 0.592 e. The van der Waals surface area contributed by atoms with Crippen molar-refractivity contribution in [3.8, 4) is 0 Å². The Kier molecular flexibility index (Phi) is 4.36. The minimum atomic E-state index is -2.63. The van der Waals surface area contributed by atoms with E-state index in [-0.39, 0.29) is 0 Å². The van der Waals surface area contributed by atoms with Crippen LogP contribution in [0.3, 0.4) is 0 Å². The summed E-state index contributed by atoms with van der Waals surface area (Å²) in [6.45, 7) is 0. The van der Waals surface area contributed by atoms with Crippen LogP contribution in [0.2, 0.25) is 0 Å².